The van der Waals surface area contributed by atoms with Crippen LogP contribution in [0.2, 0.25) is 0 Å². The molecule has 2 heterocycles. The number of carboxylic acid groups (broad SMARTS) is 1. The lowest BCUT2D eigenvalue weighted by Gasteiger charge is -2.35. The van der Waals surface area contributed by atoms with Crippen molar-refractivity contribution in [1.29, 1.82) is 0 Å². The SMILES string of the molecule is C=C/C=C1/OC(CCN2CC(C(=O)O)CC2=O)CN([SH](=O)=O)/C1=C/C. The van der Waals surface area contributed by atoms with Gasteiger partial charge in [0, 0.05) is 25.9 Å². The fourth-order valence-corrected chi connectivity index (χ4v) is 3.68. The number of allylic oxidation sites excluding steroid dienone is 3. The first-order chi connectivity index (χ1) is 11.9. The average Bonchev–Trinajstić information content (AvgIpc) is 2.94. The number of carbonyl (C=O) groups is 2. The molecule has 0 aromatic carbocycles. The van der Waals surface area contributed by atoms with Crippen molar-refractivity contribution in [2.45, 2.75) is 25.9 Å². The van der Waals surface area contributed by atoms with E-state index in [1.54, 1.807) is 19.1 Å². The lowest BCUT2D eigenvalue weighted by Crippen LogP contribution is -2.41. The van der Waals surface area contributed by atoms with Crippen LogP contribution in [0.25, 0.3) is 0 Å². The van der Waals surface area contributed by atoms with Crippen molar-refractivity contribution in [2.24, 2.45) is 5.92 Å². The Bertz CT molecular complexity index is 689. The van der Waals surface area contributed by atoms with E-state index in [9.17, 15) is 18.0 Å². The number of aliphatic carboxylic acids is 1. The number of nitrogens with zero attached hydrogens (tertiary/aromatic N) is 2. The van der Waals surface area contributed by atoms with Crippen molar-refractivity contribution in [3.63, 3.8) is 0 Å². The molecule has 2 fully saturated rings. The van der Waals surface area contributed by atoms with Crippen LogP contribution in [0.5, 0.6) is 0 Å². The standard InChI is InChI=1S/C16H22N2O6S/c1-3-5-14-13(4-2)18(25(22)23)10-12(24-14)6-7-17-9-11(16(20)21)8-15(17)19/h3-5,11-12,25H,1,6-10H2,2H3,(H,20,21)/b13-4+,14-5+. The van der Waals surface area contributed by atoms with E-state index in [0.29, 0.717) is 24.4 Å². The molecular weight excluding hydrogens is 348 g/mol. The number of rotatable bonds is 6. The van der Waals surface area contributed by atoms with Gasteiger partial charge in [-0.05, 0) is 13.0 Å². The van der Waals surface area contributed by atoms with E-state index >= 15 is 0 Å². The van der Waals surface area contributed by atoms with Crippen molar-refractivity contribution in [2.75, 3.05) is 19.6 Å². The Kier molecular flexibility index (Phi) is 6.24. The van der Waals surface area contributed by atoms with E-state index in [2.05, 4.69) is 6.58 Å². The van der Waals surface area contributed by atoms with Gasteiger partial charge in [-0.25, -0.2) is 8.42 Å². The zero-order valence-corrected chi connectivity index (χ0v) is 14.9. The Labute approximate surface area is 148 Å². The second kappa shape index (κ2) is 8.19. The second-order valence-electron chi connectivity index (χ2n) is 5.87. The molecule has 0 spiro atoms. The van der Waals surface area contributed by atoms with Crippen LogP contribution in [-0.4, -0.2) is 60.3 Å². The minimum atomic E-state index is -2.82. The molecule has 2 aliphatic heterocycles. The summed E-state index contributed by atoms with van der Waals surface area (Å²) in [5.74, 6) is -1.46. The summed E-state index contributed by atoms with van der Waals surface area (Å²) >= 11 is 0. The minimum Gasteiger partial charge on any atom is -0.486 e. The number of carboxylic acids is 1. The lowest BCUT2D eigenvalue weighted by atomic mass is 10.1. The van der Waals surface area contributed by atoms with Gasteiger partial charge in [0.2, 0.25) is 16.8 Å². The van der Waals surface area contributed by atoms with Crippen LogP contribution >= 0.6 is 0 Å². The molecule has 1 N–H and O–H groups in total. The third kappa shape index (κ3) is 4.41. The number of hydrogen-bond donors (Lipinski definition) is 2. The van der Waals surface area contributed by atoms with Crippen LogP contribution in [-0.2, 0) is 25.2 Å². The van der Waals surface area contributed by atoms with Crippen molar-refractivity contribution >= 4 is 22.8 Å². The van der Waals surface area contributed by atoms with Gasteiger partial charge in [-0.1, -0.05) is 18.7 Å². The zero-order chi connectivity index (χ0) is 18.6. The third-order valence-electron chi connectivity index (χ3n) is 4.23. The molecule has 2 unspecified atom stereocenters. The highest BCUT2D eigenvalue weighted by Crippen LogP contribution is 2.27. The largest absolute Gasteiger partial charge is 0.486 e. The first-order valence-corrected chi connectivity index (χ1v) is 9.08. The Hall–Kier alpha value is -2.29. The van der Waals surface area contributed by atoms with Crippen LogP contribution < -0.4 is 0 Å². The van der Waals surface area contributed by atoms with E-state index in [0.717, 1.165) is 0 Å². The number of amides is 1. The van der Waals surface area contributed by atoms with Gasteiger partial charge in [0.05, 0.1) is 18.2 Å². The summed E-state index contributed by atoms with van der Waals surface area (Å²) in [6, 6.07) is 0. The molecule has 9 heteroatoms. The molecule has 0 saturated carbocycles. The van der Waals surface area contributed by atoms with E-state index in [1.807, 2.05) is 0 Å². The molecule has 25 heavy (non-hydrogen) atoms. The summed E-state index contributed by atoms with van der Waals surface area (Å²) in [7, 11) is -2.82. The molecular formula is C16H22N2O6S. The predicted molar refractivity (Wildman–Crippen MR) is 90.9 cm³/mol. The lowest BCUT2D eigenvalue weighted by molar-refractivity contribution is -0.141. The van der Waals surface area contributed by atoms with E-state index < -0.39 is 28.9 Å². The molecule has 1 amide bonds. The number of hydrogen-bond acceptors (Lipinski definition) is 5. The van der Waals surface area contributed by atoms with Gasteiger partial charge in [-0.15, -0.1) is 0 Å². The monoisotopic (exact) mass is 370 g/mol. The normalized spacial score (nSPS) is 27.2. The smallest absolute Gasteiger partial charge is 0.308 e. The average molecular weight is 370 g/mol. The maximum Gasteiger partial charge on any atom is 0.308 e. The first-order valence-electron chi connectivity index (χ1n) is 7.95. The molecule has 8 nitrogen and oxygen atoms in total. The maximum absolute atomic E-state index is 11.9. The fraction of sp³-hybridized carbons (Fsp3) is 0.500. The van der Waals surface area contributed by atoms with Crippen molar-refractivity contribution < 1.29 is 27.9 Å². The number of morpholine rings is 1. The van der Waals surface area contributed by atoms with Gasteiger partial charge in [0.15, 0.2) is 0 Å². The van der Waals surface area contributed by atoms with Crippen LogP contribution in [0.4, 0.5) is 0 Å². The quantitative estimate of drug-likeness (QED) is 0.660. The molecule has 2 rings (SSSR count). The summed E-state index contributed by atoms with van der Waals surface area (Å²) in [6.45, 7) is 5.97. The van der Waals surface area contributed by atoms with Crippen LogP contribution in [0.3, 0.4) is 0 Å². The third-order valence-corrected chi connectivity index (χ3v) is 5.00. The number of carbonyl (C=O) groups excluding carboxylic acids is 1. The fourth-order valence-electron chi connectivity index (χ4n) is 2.98. The zero-order valence-electron chi connectivity index (χ0n) is 14.0. The van der Waals surface area contributed by atoms with Crippen molar-refractivity contribution in [3.05, 3.63) is 36.3 Å². The Morgan fingerprint density at radius 2 is 2.16 bits per heavy atom. The Morgan fingerprint density at radius 3 is 2.68 bits per heavy atom. The molecule has 2 atom stereocenters. The summed E-state index contributed by atoms with van der Waals surface area (Å²) in [4.78, 5) is 24.4. The number of ether oxygens (including phenoxy) is 1. The van der Waals surface area contributed by atoms with Gasteiger partial charge in [-0.3, -0.25) is 13.9 Å². The number of likely N-dealkylation sites (tertiary alicyclic amines) is 1. The minimum absolute atomic E-state index is 0.00371. The summed E-state index contributed by atoms with van der Waals surface area (Å²) in [5.41, 5.74) is 0.454. The molecule has 2 aliphatic rings. The van der Waals surface area contributed by atoms with Crippen LogP contribution in [0, 0.1) is 5.92 Å². The van der Waals surface area contributed by atoms with Gasteiger partial charge in [0.25, 0.3) is 0 Å². The summed E-state index contributed by atoms with van der Waals surface area (Å²) in [5, 5.41) is 9.01. The highest BCUT2D eigenvalue weighted by atomic mass is 32.2. The maximum atomic E-state index is 11.9. The number of thiol groups is 1. The topological polar surface area (TPSA) is 104 Å². The van der Waals surface area contributed by atoms with E-state index in [1.165, 1.54) is 15.3 Å². The van der Waals surface area contributed by atoms with E-state index in [4.69, 9.17) is 9.84 Å². The van der Waals surface area contributed by atoms with Gasteiger partial charge in [0.1, 0.15) is 11.9 Å². The van der Waals surface area contributed by atoms with Gasteiger partial charge in [-0.2, -0.15) is 0 Å². The first kappa shape index (κ1) is 19.0. The molecule has 0 aromatic heterocycles. The molecule has 2 saturated heterocycles. The second-order valence-corrected chi connectivity index (χ2v) is 6.83. The van der Waals surface area contributed by atoms with Crippen LogP contribution in [0.15, 0.2) is 36.3 Å². The highest BCUT2D eigenvalue weighted by Gasteiger charge is 2.35. The molecule has 138 valence electrons. The Balaban J connectivity index is 2.05. The summed E-state index contributed by atoms with van der Waals surface area (Å²) < 4.78 is 30.1. The molecule has 0 radical (unpaired) electrons. The highest BCUT2D eigenvalue weighted by molar-refractivity contribution is 7.70. The van der Waals surface area contributed by atoms with Gasteiger partial charge >= 0.3 is 5.97 Å². The van der Waals surface area contributed by atoms with Crippen molar-refractivity contribution in [1.82, 2.24) is 9.21 Å². The predicted octanol–water partition coefficient (Wildman–Crippen LogP) is 0.510. The van der Waals surface area contributed by atoms with Gasteiger partial charge < -0.3 is 14.7 Å². The summed E-state index contributed by atoms with van der Waals surface area (Å²) in [6.07, 6.45) is 4.73. The molecule has 0 aromatic rings. The molecule has 0 bridgehead atoms. The molecule has 0 aliphatic carbocycles. The van der Waals surface area contributed by atoms with Crippen LogP contribution in [0.1, 0.15) is 19.8 Å². The van der Waals surface area contributed by atoms with E-state index in [-0.39, 0.29) is 25.4 Å². The Morgan fingerprint density at radius 1 is 1.44 bits per heavy atom. The van der Waals surface area contributed by atoms with Crippen molar-refractivity contribution in [3.8, 4) is 0 Å².